The third-order valence-corrected chi connectivity index (χ3v) is 4.15. The number of aryl methyl sites for hydroxylation is 1. The maximum absolute atomic E-state index is 12.5. The molecular formula is C13H10F3NO2S. The van der Waals surface area contributed by atoms with E-state index in [4.69, 9.17) is 0 Å². The van der Waals surface area contributed by atoms with Crippen molar-refractivity contribution in [1.82, 2.24) is 4.98 Å². The Morgan fingerprint density at radius 1 is 1.10 bits per heavy atom. The summed E-state index contributed by atoms with van der Waals surface area (Å²) in [5, 5.41) is -0.995. The normalized spacial score (nSPS) is 12.4. The van der Waals surface area contributed by atoms with Crippen LogP contribution in [0.2, 0.25) is 0 Å². The summed E-state index contributed by atoms with van der Waals surface area (Å²) in [7, 11) is -5.43. The summed E-state index contributed by atoms with van der Waals surface area (Å²) in [5.41, 5.74) is -3.49. The smallest absolute Gasteiger partial charge is 0.244 e. The molecule has 0 N–H and O–H groups in total. The van der Waals surface area contributed by atoms with Crippen LogP contribution in [0.5, 0.6) is 0 Å². The van der Waals surface area contributed by atoms with Crippen molar-refractivity contribution in [3.8, 4) is 11.1 Å². The summed E-state index contributed by atoms with van der Waals surface area (Å²) >= 11 is 0. The molecule has 0 saturated carbocycles. The van der Waals surface area contributed by atoms with Gasteiger partial charge in [0.1, 0.15) is 0 Å². The topological polar surface area (TPSA) is 47.0 Å². The first-order chi connectivity index (χ1) is 9.23. The van der Waals surface area contributed by atoms with E-state index in [0.29, 0.717) is 11.1 Å². The molecule has 1 aromatic heterocycles. The predicted molar refractivity (Wildman–Crippen MR) is 67.7 cm³/mol. The Morgan fingerprint density at radius 3 is 2.35 bits per heavy atom. The van der Waals surface area contributed by atoms with Crippen molar-refractivity contribution in [2.75, 3.05) is 0 Å². The fourth-order valence-corrected chi connectivity index (χ4v) is 2.46. The molecule has 3 nitrogen and oxygen atoms in total. The van der Waals surface area contributed by atoms with E-state index >= 15 is 0 Å². The zero-order chi connectivity index (χ0) is 15.0. The van der Waals surface area contributed by atoms with Crippen LogP contribution in [-0.2, 0) is 9.84 Å². The van der Waals surface area contributed by atoms with Crippen LogP contribution in [0.4, 0.5) is 13.2 Å². The van der Waals surface area contributed by atoms with Gasteiger partial charge in [-0.25, -0.2) is 13.4 Å². The van der Waals surface area contributed by atoms with Gasteiger partial charge in [-0.15, -0.1) is 0 Å². The van der Waals surface area contributed by atoms with Crippen LogP contribution in [-0.4, -0.2) is 18.9 Å². The van der Waals surface area contributed by atoms with E-state index < -0.39 is 20.4 Å². The van der Waals surface area contributed by atoms with Gasteiger partial charge in [0.25, 0.3) is 9.84 Å². The Bertz CT molecular complexity index is 739. The fourth-order valence-electron chi connectivity index (χ4n) is 1.74. The third-order valence-electron chi connectivity index (χ3n) is 2.77. The zero-order valence-electron chi connectivity index (χ0n) is 10.3. The van der Waals surface area contributed by atoms with Crippen molar-refractivity contribution in [2.24, 2.45) is 0 Å². The molecule has 1 heterocycles. The minimum atomic E-state index is -5.43. The predicted octanol–water partition coefficient (Wildman–Crippen LogP) is 3.35. The van der Waals surface area contributed by atoms with E-state index in [-0.39, 0.29) is 0 Å². The number of nitrogens with zero attached hydrogens (tertiary/aromatic N) is 1. The van der Waals surface area contributed by atoms with Gasteiger partial charge >= 0.3 is 5.51 Å². The summed E-state index contributed by atoms with van der Waals surface area (Å²) in [5.74, 6) is 0. The van der Waals surface area contributed by atoms with Crippen LogP contribution in [0.25, 0.3) is 11.1 Å². The Labute approximate surface area is 114 Å². The Balaban J connectivity index is 2.58. The first-order valence-electron chi connectivity index (χ1n) is 5.57. The zero-order valence-corrected chi connectivity index (χ0v) is 11.2. The maximum atomic E-state index is 12.5. The molecule has 7 heteroatoms. The summed E-state index contributed by atoms with van der Waals surface area (Å²) in [6, 6.07) is 9.40. The molecular weight excluding hydrogens is 291 g/mol. The number of benzene rings is 1. The molecule has 0 aliphatic carbocycles. The van der Waals surface area contributed by atoms with E-state index in [1.165, 1.54) is 6.07 Å². The molecule has 20 heavy (non-hydrogen) atoms. The summed E-state index contributed by atoms with van der Waals surface area (Å²) in [6.07, 6.45) is 1.06. The highest BCUT2D eigenvalue weighted by molar-refractivity contribution is 7.92. The summed E-state index contributed by atoms with van der Waals surface area (Å²) in [4.78, 5) is 3.32. The lowest BCUT2D eigenvalue weighted by Crippen LogP contribution is -2.24. The highest BCUT2D eigenvalue weighted by atomic mass is 32.2. The molecule has 0 saturated heterocycles. The van der Waals surface area contributed by atoms with Gasteiger partial charge in [-0.1, -0.05) is 24.3 Å². The van der Waals surface area contributed by atoms with Gasteiger partial charge in [-0.2, -0.15) is 13.2 Å². The van der Waals surface area contributed by atoms with Crippen molar-refractivity contribution >= 4 is 9.84 Å². The van der Waals surface area contributed by atoms with Crippen molar-refractivity contribution in [3.63, 3.8) is 0 Å². The Morgan fingerprint density at radius 2 is 1.75 bits per heavy atom. The van der Waals surface area contributed by atoms with Gasteiger partial charge in [-0.3, -0.25) is 0 Å². The highest BCUT2D eigenvalue weighted by Crippen LogP contribution is 2.31. The first-order valence-corrected chi connectivity index (χ1v) is 7.05. The highest BCUT2D eigenvalue weighted by Gasteiger charge is 2.48. The summed E-state index contributed by atoms with van der Waals surface area (Å²) in [6.45, 7) is 1.79. The van der Waals surface area contributed by atoms with E-state index in [2.05, 4.69) is 4.98 Å². The van der Waals surface area contributed by atoms with E-state index in [1.54, 1.807) is 31.2 Å². The molecule has 0 bridgehead atoms. The monoisotopic (exact) mass is 301 g/mol. The molecule has 2 rings (SSSR count). The second-order valence-corrected chi connectivity index (χ2v) is 6.03. The first kappa shape index (κ1) is 14.5. The molecule has 106 valence electrons. The summed E-state index contributed by atoms with van der Waals surface area (Å²) < 4.78 is 60.2. The maximum Gasteiger partial charge on any atom is 0.503 e. The number of pyridine rings is 1. The molecule has 0 radical (unpaired) electrons. The van der Waals surface area contributed by atoms with Crippen molar-refractivity contribution < 1.29 is 21.6 Å². The van der Waals surface area contributed by atoms with Gasteiger partial charge in [0, 0.05) is 6.20 Å². The number of rotatable bonds is 2. The van der Waals surface area contributed by atoms with Crippen LogP contribution < -0.4 is 0 Å². The lowest BCUT2D eigenvalue weighted by Gasteiger charge is -2.10. The second-order valence-electron chi connectivity index (χ2n) is 4.15. The van der Waals surface area contributed by atoms with Gasteiger partial charge in [-0.05, 0) is 35.7 Å². The standard InChI is InChI=1S/C13H10F3NO2S/c1-9-4-2-3-5-11(9)10-6-7-17-12(8-10)20(18,19)13(14,15)16/h2-8H,1H3. The van der Waals surface area contributed by atoms with Crippen LogP contribution in [0.15, 0.2) is 47.6 Å². The number of halogens is 3. The van der Waals surface area contributed by atoms with Gasteiger partial charge < -0.3 is 0 Å². The van der Waals surface area contributed by atoms with Crippen molar-refractivity contribution in [2.45, 2.75) is 17.5 Å². The molecule has 0 aliphatic heterocycles. The van der Waals surface area contributed by atoms with Crippen LogP contribution >= 0.6 is 0 Å². The number of aromatic nitrogens is 1. The third kappa shape index (κ3) is 2.53. The van der Waals surface area contributed by atoms with Crippen LogP contribution in [0, 0.1) is 6.92 Å². The molecule has 0 spiro atoms. The Kier molecular flexibility index (Phi) is 3.56. The molecule has 0 unspecified atom stereocenters. The minimum Gasteiger partial charge on any atom is -0.244 e. The van der Waals surface area contributed by atoms with Crippen molar-refractivity contribution in [3.05, 3.63) is 48.2 Å². The molecule has 1 aromatic carbocycles. The van der Waals surface area contributed by atoms with Gasteiger partial charge in [0.2, 0.25) is 0 Å². The van der Waals surface area contributed by atoms with E-state index in [1.807, 2.05) is 0 Å². The number of sulfone groups is 1. The quantitative estimate of drug-likeness (QED) is 0.854. The van der Waals surface area contributed by atoms with E-state index in [9.17, 15) is 21.6 Å². The fraction of sp³-hybridized carbons (Fsp3) is 0.154. The average molecular weight is 301 g/mol. The average Bonchev–Trinajstić information content (AvgIpc) is 2.38. The SMILES string of the molecule is Cc1ccccc1-c1ccnc(S(=O)(=O)C(F)(F)F)c1. The number of hydrogen-bond acceptors (Lipinski definition) is 3. The molecule has 0 aliphatic rings. The number of alkyl halides is 3. The van der Waals surface area contributed by atoms with E-state index in [0.717, 1.165) is 17.8 Å². The molecule has 0 atom stereocenters. The second kappa shape index (κ2) is 4.90. The minimum absolute atomic E-state index is 0.376. The van der Waals surface area contributed by atoms with Gasteiger partial charge in [0.05, 0.1) is 0 Å². The Hall–Kier alpha value is -1.89. The van der Waals surface area contributed by atoms with Gasteiger partial charge in [0.15, 0.2) is 5.03 Å². The molecule has 0 fully saturated rings. The number of hydrogen-bond donors (Lipinski definition) is 0. The molecule has 2 aromatic rings. The lowest BCUT2D eigenvalue weighted by atomic mass is 10.0. The lowest BCUT2D eigenvalue weighted by molar-refractivity contribution is -0.0438. The largest absolute Gasteiger partial charge is 0.503 e. The van der Waals surface area contributed by atoms with Crippen molar-refractivity contribution in [1.29, 1.82) is 0 Å². The van der Waals surface area contributed by atoms with Crippen LogP contribution in [0.1, 0.15) is 5.56 Å². The van der Waals surface area contributed by atoms with Crippen LogP contribution in [0.3, 0.4) is 0 Å². The molecule has 0 amide bonds.